The number of halogens is 3. The quantitative estimate of drug-likeness (QED) is 0.784. The number of carbonyl (C=O) groups is 1. The summed E-state index contributed by atoms with van der Waals surface area (Å²) in [4.78, 5) is 12.5. The van der Waals surface area contributed by atoms with E-state index in [9.17, 15) is 23.2 Å². The van der Waals surface area contributed by atoms with Gasteiger partial charge >= 0.3 is 6.18 Å². The molecule has 2 heterocycles. The van der Waals surface area contributed by atoms with Crippen molar-refractivity contribution in [2.45, 2.75) is 31.4 Å². The van der Waals surface area contributed by atoms with Gasteiger partial charge in [0.05, 0.1) is 11.5 Å². The number of hydrogen-bond acceptors (Lipinski definition) is 5. The van der Waals surface area contributed by atoms with Crippen LogP contribution in [0.4, 0.5) is 13.2 Å². The van der Waals surface area contributed by atoms with Gasteiger partial charge in [-0.25, -0.2) is 0 Å². The minimum atomic E-state index is -4.48. The minimum Gasteiger partial charge on any atom is -0.460 e. The molecule has 1 aromatic carbocycles. The maximum absolute atomic E-state index is 13.0. The molecule has 0 fully saturated rings. The average molecular weight is 400 g/mol. The van der Waals surface area contributed by atoms with Crippen LogP contribution in [0.1, 0.15) is 36.5 Å². The number of ketones is 1. The Kier molecular flexibility index (Phi) is 4.46. The number of rotatable bonds is 2. The fourth-order valence-corrected chi connectivity index (χ4v) is 3.65. The molecule has 1 aromatic heterocycles. The number of nitrogens with zero attached hydrogens (tertiary/aromatic N) is 1. The van der Waals surface area contributed by atoms with Crippen LogP contribution < -0.4 is 5.73 Å². The third kappa shape index (κ3) is 3.29. The molecule has 0 amide bonds. The van der Waals surface area contributed by atoms with Gasteiger partial charge in [-0.1, -0.05) is 12.1 Å². The highest BCUT2D eigenvalue weighted by atomic mass is 19.4. The van der Waals surface area contributed by atoms with Gasteiger partial charge < -0.3 is 14.9 Å². The van der Waals surface area contributed by atoms with Crippen LogP contribution in [-0.2, 0) is 15.7 Å². The molecular weight excluding hydrogens is 385 g/mol. The van der Waals surface area contributed by atoms with E-state index in [0.29, 0.717) is 30.6 Å². The molecule has 8 heteroatoms. The van der Waals surface area contributed by atoms with Crippen LogP contribution >= 0.6 is 0 Å². The van der Waals surface area contributed by atoms with Crippen LogP contribution in [-0.4, -0.2) is 5.78 Å². The molecular formula is C21H15F3N2O3. The summed E-state index contributed by atoms with van der Waals surface area (Å²) in [6.45, 7) is 0. The predicted octanol–water partition coefficient (Wildman–Crippen LogP) is 4.78. The van der Waals surface area contributed by atoms with Gasteiger partial charge in [0.2, 0.25) is 5.88 Å². The van der Waals surface area contributed by atoms with E-state index in [-0.39, 0.29) is 34.3 Å². The third-order valence-electron chi connectivity index (χ3n) is 4.99. The van der Waals surface area contributed by atoms with Crippen molar-refractivity contribution in [3.8, 4) is 17.4 Å². The van der Waals surface area contributed by atoms with Gasteiger partial charge in [-0.05, 0) is 30.7 Å². The lowest BCUT2D eigenvalue weighted by Crippen LogP contribution is -2.27. The van der Waals surface area contributed by atoms with Crippen molar-refractivity contribution in [1.29, 1.82) is 5.26 Å². The largest absolute Gasteiger partial charge is 0.460 e. The first-order valence-corrected chi connectivity index (χ1v) is 8.91. The zero-order valence-corrected chi connectivity index (χ0v) is 15.0. The van der Waals surface area contributed by atoms with Gasteiger partial charge in [0.25, 0.3) is 0 Å². The van der Waals surface area contributed by atoms with E-state index in [2.05, 4.69) is 0 Å². The summed E-state index contributed by atoms with van der Waals surface area (Å²) in [6, 6.07) is 9.77. The van der Waals surface area contributed by atoms with Crippen LogP contribution in [0.2, 0.25) is 0 Å². The van der Waals surface area contributed by atoms with E-state index in [4.69, 9.17) is 14.9 Å². The lowest BCUT2D eigenvalue weighted by Gasteiger charge is -2.29. The van der Waals surface area contributed by atoms with Crippen LogP contribution in [0.5, 0.6) is 0 Å². The van der Waals surface area contributed by atoms with E-state index in [1.165, 1.54) is 18.2 Å². The first kappa shape index (κ1) is 18.9. The first-order chi connectivity index (χ1) is 13.8. The third-order valence-corrected chi connectivity index (χ3v) is 4.99. The predicted molar refractivity (Wildman–Crippen MR) is 95.7 cm³/mol. The first-order valence-electron chi connectivity index (χ1n) is 8.91. The Morgan fingerprint density at radius 1 is 1.17 bits per heavy atom. The highest BCUT2D eigenvalue weighted by molar-refractivity contribution is 5.99. The van der Waals surface area contributed by atoms with Crippen molar-refractivity contribution >= 4 is 5.78 Å². The summed E-state index contributed by atoms with van der Waals surface area (Å²) in [7, 11) is 0. The topological polar surface area (TPSA) is 89.3 Å². The number of hydrogen-bond donors (Lipinski definition) is 1. The lowest BCUT2D eigenvalue weighted by molar-refractivity contribution is -0.137. The molecule has 1 atom stereocenters. The van der Waals surface area contributed by atoms with Crippen molar-refractivity contribution < 1.29 is 27.1 Å². The molecule has 0 saturated carbocycles. The Labute approximate surface area is 163 Å². The number of benzene rings is 1. The highest BCUT2D eigenvalue weighted by Crippen LogP contribution is 2.44. The second-order valence-electron chi connectivity index (χ2n) is 6.82. The lowest BCUT2D eigenvalue weighted by atomic mass is 9.80. The Bertz CT molecular complexity index is 1100. The molecule has 148 valence electrons. The van der Waals surface area contributed by atoms with Crippen molar-refractivity contribution in [1.82, 2.24) is 0 Å². The molecule has 0 spiro atoms. The van der Waals surface area contributed by atoms with Crippen molar-refractivity contribution in [2.75, 3.05) is 0 Å². The van der Waals surface area contributed by atoms with Gasteiger partial charge in [-0.15, -0.1) is 0 Å². The highest BCUT2D eigenvalue weighted by Gasteiger charge is 2.39. The van der Waals surface area contributed by atoms with Crippen LogP contribution in [0, 0.1) is 11.3 Å². The number of carbonyl (C=O) groups excluding carboxylic acids is 1. The Morgan fingerprint density at radius 3 is 2.69 bits per heavy atom. The minimum absolute atomic E-state index is 0.0453. The zero-order valence-electron chi connectivity index (χ0n) is 15.0. The summed E-state index contributed by atoms with van der Waals surface area (Å²) < 4.78 is 50.3. The molecule has 29 heavy (non-hydrogen) atoms. The van der Waals surface area contributed by atoms with E-state index < -0.39 is 17.7 Å². The molecule has 0 bridgehead atoms. The fraction of sp³-hybridized carbons (Fsp3) is 0.238. The molecule has 2 aromatic rings. The molecule has 4 rings (SSSR count). The Balaban J connectivity index is 1.78. The summed E-state index contributed by atoms with van der Waals surface area (Å²) in [5.41, 5.74) is 5.69. The molecule has 2 N–H and O–H groups in total. The second kappa shape index (κ2) is 6.85. The molecule has 0 saturated heterocycles. The van der Waals surface area contributed by atoms with Crippen LogP contribution in [0.25, 0.3) is 11.3 Å². The molecule has 1 aliphatic carbocycles. The average Bonchev–Trinajstić information content (AvgIpc) is 3.16. The number of Topliss-reactive ketones (excluding diaryl/α,β-unsaturated/α-hetero) is 1. The standard InChI is InChI=1S/C21H15F3N2O3/c22-21(23,24)12-4-1-3-11(9-12)15-7-8-17(28-15)18-13(10-25)20(26)29-16-6-2-5-14(27)19(16)18/h1,3-4,7-9,18H,2,5-6,26H2. The van der Waals surface area contributed by atoms with Crippen LogP contribution in [0.15, 0.2) is 63.6 Å². The summed E-state index contributed by atoms with van der Waals surface area (Å²) >= 11 is 0. The number of ether oxygens (including phenoxy) is 1. The number of nitrogens with two attached hydrogens (primary N) is 1. The second-order valence-corrected chi connectivity index (χ2v) is 6.82. The van der Waals surface area contributed by atoms with Gasteiger partial charge in [0, 0.05) is 24.0 Å². The smallest absolute Gasteiger partial charge is 0.416 e. The number of nitriles is 1. The van der Waals surface area contributed by atoms with Crippen LogP contribution in [0.3, 0.4) is 0 Å². The van der Waals surface area contributed by atoms with Crippen molar-refractivity contribution in [3.05, 3.63) is 70.5 Å². The van der Waals surface area contributed by atoms with E-state index >= 15 is 0 Å². The molecule has 5 nitrogen and oxygen atoms in total. The van der Waals surface area contributed by atoms with Gasteiger partial charge in [-0.3, -0.25) is 4.79 Å². The maximum atomic E-state index is 13.0. The van der Waals surface area contributed by atoms with E-state index in [0.717, 1.165) is 12.1 Å². The SMILES string of the molecule is N#CC1=C(N)OC2=C(C(=O)CCC2)C1c1ccc(-c2cccc(C(F)(F)F)c2)o1. The molecule has 2 aliphatic rings. The van der Waals surface area contributed by atoms with E-state index in [1.807, 2.05) is 6.07 Å². The fourth-order valence-electron chi connectivity index (χ4n) is 3.65. The number of alkyl halides is 3. The molecule has 1 aliphatic heterocycles. The Morgan fingerprint density at radius 2 is 1.97 bits per heavy atom. The summed E-state index contributed by atoms with van der Waals surface area (Å²) in [5, 5.41) is 9.55. The molecule has 0 radical (unpaired) electrons. The van der Waals surface area contributed by atoms with Crippen molar-refractivity contribution in [2.24, 2.45) is 5.73 Å². The van der Waals surface area contributed by atoms with Crippen molar-refractivity contribution in [3.63, 3.8) is 0 Å². The maximum Gasteiger partial charge on any atom is 0.416 e. The van der Waals surface area contributed by atoms with Gasteiger partial charge in [0.15, 0.2) is 5.78 Å². The monoisotopic (exact) mass is 400 g/mol. The normalized spacial score (nSPS) is 19.7. The van der Waals surface area contributed by atoms with E-state index in [1.54, 1.807) is 6.07 Å². The summed E-state index contributed by atoms with van der Waals surface area (Å²) in [6.07, 6.45) is -3.03. The summed E-state index contributed by atoms with van der Waals surface area (Å²) in [5.74, 6) is -0.228. The van der Waals surface area contributed by atoms with Gasteiger partial charge in [-0.2, -0.15) is 18.4 Å². The number of furan rings is 1. The molecule has 1 unspecified atom stereocenters. The zero-order chi connectivity index (χ0) is 20.8. The number of allylic oxidation sites excluding steroid dienone is 3. The Hall–Kier alpha value is -3.47. The van der Waals surface area contributed by atoms with Gasteiger partial charge in [0.1, 0.15) is 28.9 Å².